The summed E-state index contributed by atoms with van der Waals surface area (Å²) in [6.07, 6.45) is 24.3. The second kappa shape index (κ2) is 107. The minimum atomic E-state index is -1.01. The van der Waals surface area contributed by atoms with Crippen molar-refractivity contribution in [1.29, 1.82) is 0 Å². The summed E-state index contributed by atoms with van der Waals surface area (Å²) in [5.74, 6) is 5.61. The van der Waals surface area contributed by atoms with Crippen molar-refractivity contribution in [2.45, 2.75) is 232 Å². The van der Waals surface area contributed by atoms with Gasteiger partial charge in [-0.05, 0) is 213 Å². The Kier molecular flexibility index (Phi) is 110. The van der Waals surface area contributed by atoms with E-state index in [2.05, 4.69) is 295 Å². The van der Waals surface area contributed by atoms with Crippen LogP contribution >= 0.6 is 66.8 Å². The Labute approximate surface area is 983 Å². The number of rotatable bonds is 36. The van der Waals surface area contributed by atoms with Gasteiger partial charge in [0.25, 0.3) is 6.47 Å². The van der Waals surface area contributed by atoms with Crippen LogP contribution in [0.3, 0.4) is 0 Å². The van der Waals surface area contributed by atoms with Crippen LogP contribution in [0.4, 0.5) is 0 Å². The number of aliphatic hydroxyl groups is 1. The molecular weight excluding hydrogens is 2190 g/mol. The molecule has 0 saturated heterocycles. The number of hydrogen-bond acceptors (Lipinski definition) is 15. The van der Waals surface area contributed by atoms with E-state index < -0.39 is 33.8 Å². The van der Waals surface area contributed by atoms with Crippen molar-refractivity contribution in [1.82, 2.24) is 0 Å². The van der Waals surface area contributed by atoms with Crippen LogP contribution in [0.25, 0.3) is 0 Å². The van der Waals surface area contributed by atoms with Crippen molar-refractivity contribution in [3.63, 3.8) is 0 Å². The number of carbonyl (C=O) groups is 7. The monoisotopic (exact) mass is 2340 g/mol. The number of terminal acetylenes is 1. The largest absolute Gasteiger partial charge is 1.00 e. The van der Waals surface area contributed by atoms with Crippen molar-refractivity contribution in [3.05, 3.63) is 392 Å². The van der Waals surface area contributed by atoms with E-state index in [1.54, 1.807) is 26.0 Å². The fourth-order valence-corrected chi connectivity index (χ4v) is 18.4. The molecule has 794 valence electrons. The fourth-order valence-electron chi connectivity index (χ4n) is 12.9. The van der Waals surface area contributed by atoms with Crippen LogP contribution in [-0.4, -0.2) is 89.5 Å². The first kappa shape index (κ1) is 154. The average Bonchev–Trinajstić information content (AvgIpc) is 0.821. The standard InChI is InChI=1S/2C18H15P.C15H22O2.C15H18O2.2C13H18O2.C10H11BrO2.C8H7BrO2.C5H8.C2H6O.C2H6.CH2O3.2CH4.2ClH.Li.2Na.H2O.Pd/c2*1-4-10-16(11-5-1)19(17-12-6-2-7-13-17)18-14-8-3-9-15-18;2*1-3-5-6-8-13-9-7-10-14(11-13)12-15(16)17-4-2;2*1-2-3-4-6-11-7-5-8-12(9-11)10-13(14)15;1-2-13-10(12)7-8-4-3-5-9(11)6-8;9-7-3-1-2-6(4-7)5-8(10)11;1-3-5-4-2;1-2-3;1-2;2-1-4-3;;;;;;;;;/h2*1-15H;7,9-11H,3-6,8,12H2,1-2H3;7,9-11H,3-5,12H2,1-2H3;2*5,7-9H,2-4,6,10H2,1H3,(H,14,15);3-6H,2,7H2,1H3;1-4H,5H2,(H,10,11);1H,4-5H2,2H3;3H,2H2,1H3;1-2H3;1,3H;2*1H4;2*1H;;;;1H2;/q;;;;;;;;;;;;;;;;3*+1;;+2/p-5. The molecule has 12 aromatic carbocycles. The molecule has 0 atom stereocenters. The van der Waals surface area contributed by atoms with Gasteiger partial charge in [-0.2, -0.15) is 0 Å². The van der Waals surface area contributed by atoms with E-state index in [9.17, 15) is 33.9 Å². The molecule has 0 heterocycles. The summed E-state index contributed by atoms with van der Waals surface area (Å²) in [5.41, 5.74) is 10.3. The van der Waals surface area contributed by atoms with Gasteiger partial charge >= 0.3 is 143 Å². The second-order valence-electron chi connectivity index (χ2n) is 30.7. The minimum absolute atomic E-state index is 0. The van der Waals surface area contributed by atoms with E-state index >= 15 is 0 Å². The summed E-state index contributed by atoms with van der Waals surface area (Å²) in [4.78, 5) is 76.3. The van der Waals surface area contributed by atoms with Gasteiger partial charge in [-0.3, -0.25) is 28.8 Å². The molecule has 0 spiro atoms. The molecule has 0 radical (unpaired) electrons. The van der Waals surface area contributed by atoms with Gasteiger partial charge in [-0.25, -0.2) is 0 Å². The Morgan fingerprint density at radius 3 is 0.839 bits per heavy atom. The molecule has 0 aliphatic carbocycles. The van der Waals surface area contributed by atoms with E-state index in [-0.39, 0.29) is 164 Å². The topological polar surface area (TPSA) is 293 Å². The number of halogens is 4. The molecule has 0 fully saturated rings. The Balaban J connectivity index is -0.000000302. The van der Waals surface area contributed by atoms with Gasteiger partial charge in [-0.1, -0.05) is 437 Å². The molecule has 27 heteroatoms. The average molecular weight is 2340 g/mol. The third kappa shape index (κ3) is 81.9. The Hall–Kier alpha value is -8.41. The number of hydrogen-bond donors (Lipinski definition) is 3. The number of aliphatic carboxylic acids is 3. The van der Waals surface area contributed by atoms with Gasteiger partial charge in [0.15, 0.2) is 0 Å². The molecule has 17 nitrogen and oxygen atoms in total. The summed E-state index contributed by atoms with van der Waals surface area (Å²) in [5, 5.41) is 51.9. The third-order valence-corrected chi connectivity index (χ3v) is 24.9. The molecule has 12 rings (SSSR count). The number of aryl methyl sites for hydroxylation is 3. The van der Waals surface area contributed by atoms with Crippen LogP contribution in [0, 0.1) is 24.2 Å². The summed E-state index contributed by atoms with van der Waals surface area (Å²) in [7, 11) is 8.74. The number of carbonyl (C=O) groups excluding carboxylic acids is 5. The fraction of sp³-hybridized carbons (Fsp3) is 0.320. The summed E-state index contributed by atoms with van der Waals surface area (Å²) < 4.78 is 16.6. The number of benzene rings is 12. The summed E-state index contributed by atoms with van der Waals surface area (Å²) in [6, 6.07) is 111. The predicted molar refractivity (Wildman–Crippen MR) is 610 cm³/mol. The minimum Gasteiger partial charge on any atom is -0.870 e. The molecule has 4 N–H and O–H groups in total. The Bertz CT molecular complexity index is 5060. The molecule has 149 heavy (non-hydrogen) atoms. The molecular formula is C122H153Br2Cl2LiNa2O17P2Pd. The molecule has 0 bridgehead atoms. The molecule has 0 amide bonds. The first-order chi connectivity index (χ1) is 69.4. The van der Waals surface area contributed by atoms with Gasteiger partial charge in [-0.15, -0.1) is 12.3 Å². The molecule has 0 aliphatic heterocycles. The normalized spacial score (nSPS) is 9.19. The number of ether oxygens (including phenoxy) is 3. The van der Waals surface area contributed by atoms with E-state index in [1.165, 1.54) is 106 Å². The number of esters is 3. The smallest absolute Gasteiger partial charge is 0.870 e. The SMILES string of the molecule is C.C.C#CCCC.CC.CCCC#Cc1cccc(CC(=O)OCC)c1.CCCCCc1cccc(CC(=O)O)c1.CCCCCc1cccc(CC(=O)OCC)c1.CCCCCc1cccc(CC(=O)[O-])c1.CCO.CCOC(=O)Cc1cccc(Br)c1.O=C(O)Cc1cccc(Br)c1.O=CO[O-].[Cl][Pd][Cl].[Li+].[Na+].[Na+].[OH-].c1ccc(P(c2ccccc2)c2ccccc2)cc1.c1ccc(P(c2ccccc2)c2ccccc2)cc1. The third-order valence-electron chi connectivity index (χ3n) is 19.0. The quantitative estimate of drug-likeness (QED) is 0.00378. The molecule has 0 unspecified atom stereocenters. The predicted octanol–water partition coefficient (Wildman–Crippen LogP) is 17.1. The number of aliphatic hydroxyl groups excluding tert-OH is 1. The first-order valence-corrected chi connectivity index (χ1v) is 56.6. The summed E-state index contributed by atoms with van der Waals surface area (Å²) in [6.45, 7) is 23.2. The number of unbranched alkanes of at least 4 members (excludes halogenated alkanes) is 8. The number of carboxylic acids is 3. The van der Waals surface area contributed by atoms with E-state index in [0.29, 0.717) is 39.1 Å². The van der Waals surface area contributed by atoms with Crippen LogP contribution in [0.1, 0.15) is 230 Å². The van der Waals surface area contributed by atoms with Gasteiger partial charge in [0, 0.05) is 46.3 Å². The van der Waals surface area contributed by atoms with Crippen molar-refractivity contribution in [2.24, 2.45) is 0 Å². The maximum atomic E-state index is 11.4. The zero-order chi connectivity index (χ0) is 106. The van der Waals surface area contributed by atoms with Crippen molar-refractivity contribution in [3.8, 4) is 24.2 Å². The molecule has 0 saturated carbocycles. The van der Waals surface area contributed by atoms with Gasteiger partial charge in [0.1, 0.15) is 0 Å². The van der Waals surface area contributed by atoms with Gasteiger partial charge < -0.3 is 55.1 Å². The van der Waals surface area contributed by atoms with E-state index in [4.69, 9.17) is 65.1 Å². The first-order valence-electron chi connectivity index (χ1n) is 48.3. The Morgan fingerprint density at radius 2 is 0.611 bits per heavy atom. The number of carboxylic acid groups (broad SMARTS) is 3. The summed E-state index contributed by atoms with van der Waals surface area (Å²) >= 11 is 6.49. The molecule has 0 aromatic heterocycles. The van der Waals surface area contributed by atoms with Gasteiger partial charge in [0.2, 0.25) is 0 Å². The van der Waals surface area contributed by atoms with Crippen molar-refractivity contribution >= 4 is 141 Å². The maximum absolute atomic E-state index is 11.4. The van der Waals surface area contributed by atoms with Crippen LogP contribution in [-0.2, 0) is 126 Å². The van der Waals surface area contributed by atoms with Gasteiger partial charge in [0.05, 0.1) is 51.9 Å². The van der Waals surface area contributed by atoms with Crippen LogP contribution in [0.2, 0.25) is 0 Å². The van der Waals surface area contributed by atoms with Crippen LogP contribution < -0.4 is 120 Å². The van der Waals surface area contributed by atoms with E-state index in [0.717, 1.165) is 92.8 Å². The maximum Gasteiger partial charge on any atom is 1.00 e. The van der Waals surface area contributed by atoms with Crippen LogP contribution in [0.15, 0.2) is 337 Å². The zero-order valence-corrected chi connectivity index (χ0v) is 100. The van der Waals surface area contributed by atoms with Crippen molar-refractivity contribution < 1.29 is 178 Å². The molecule has 0 aliphatic rings. The Morgan fingerprint density at radius 1 is 0.376 bits per heavy atom. The zero-order valence-electron chi connectivity index (χ0n) is 88.0. The second-order valence-corrected chi connectivity index (χ2v) is 39.3. The van der Waals surface area contributed by atoms with Crippen molar-refractivity contribution in [2.75, 3.05) is 26.4 Å². The van der Waals surface area contributed by atoms with Crippen LogP contribution in [0.5, 0.6) is 0 Å². The van der Waals surface area contributed by atoms with E-state index in [1.807, 2.05) is 137 Å². The molecule has 12 aromatic rings.